The summed E-state index contributed by atoms with van der Waals surface area (Å²) in [6.07, 6.45) is 1.01. The van der Waals surface area contributed by atoms with E-state index in [1.54, 1.807) is 41.3 Å². The van der Waals surface area contributed by atoms with Crippen molar-refractivity contribution >= 4 is 33.4 Å². The van der Waals surface area contributed by atoms with Gasteiger partial charge in [-0.2, -0.15) is 0 Å². The van der Waals surface area contributed by atoms with Crippen LogP contribution < -0.4 is 20.1 Å². The molecule has 11 nitrogen and oxygen atoms in total. The number of benzene rings is 3. The third kappa shape index (κ3) is 8.05. The first kappa shape index (κ1) is 29.6. The van der Waals surface area contributed by atoms with E-state index in [4.69, 9.17) is 9.84 Å². The maximum Gasteiger partial charge on any atom is 0.262 e. The minimum Gasteiger partial charge on any atom is -0.455 e. The fourth-order valence-electron chi connectivity index (χ4n) is 4.33. The zero-order valence-corrected chi connectivity index (χ0v) is 23.1. The highest BCUT2D eigenvalue weighted by molar-refractivity contribution is 7.92. The third-order valence-corrected chi connectivity index (χ3v) is 7.94. The number of sulfonamides is 1. The van der Waals surface area contributed by atoms with Crippen LogP contribution in [0.4, 0.5) is 5.69 Å². The third-order valence-electron chi connectivity index (χ3n) is 6.56. The molecule has 0 aromatic heterocycles. The first-order chi connectivity index (χ1) is 19.8. The van der Waals surface area contributed by atoms with Gasteiger partial charge in [-0.1, -0.05) is 30.3 Å². The first-order valence-electron chi connectivity index (χ1n) is 13.2. The Morgan fingerprint density at radius 3 is 2.22 bits per heavy atom. The van der Waals surface area contributed by atoms with Crippen LogP contribution in [0.3, 0.4) is 0 Å². The van der Waals surface area contributed by atoms with E-state index in [0.29, 0.717) is 37.4 Å². The van der Waals surface area contributed by atoms with E-state index in [9.17, 15) is 22.8 Å². The number of nitrogens with zero attached hydrogens (tertiary/aromatic N) is 1. The molecule has 216 valence electrons. The van der Waals surface area contributed by atoms with Crippen LogP contribution in [0.2, 0.25) is 0 Å². The van der Waals surface area contributed by atoms with E-state index in [1.807, 2.05) is 18.2 Å². The van der Waals surface area contributed by atoms with Gasteiger partial charge in [-0.15, -0.1) is 0 Å². The SMILES string of the molecule is O=C(NCC(=O)N1CCC(C(=O)NCCO)CC1)c1ccc(S(=O)(=O)Nc2ccccc2Oc2ccccc2)cc1. The van der Waals surface area contributed by atoms with Crippen LogP contribution >= 0.6 is 0 Å². The Hall–Kier alpha value is -4.42. The molecule has 0 bridgehead atoms. The molecule has 0 unspecified atom stereocenters. The number of amides is 3. The van der Waals surface area contributed by atoms with Crippen molar-refractivity contribution in [2.45, 2.75) is 17.7 Å². The standard InChI is InChI=1S/C29H32N4O7S/c34-19-16-30-28(36)22-14-17-33(18-15-22)27(35)20-31-29(37)21-10-12-24(13-11-21)41(38,39)32-25-8-4-5-9-26(25)40-23-6-2-1-3-7-23/h1-13,22,32,34H,14-20H2,(H,30,36)(H,31,37). The molecule has 1 fully saturated rings. The molecule has 0 spiro atoms. The number of nitrogens with one attached hydrogen (secondary N) is 3. The van der Waals surface area contributed by atoms with Gasteiger partial charge in [-0.05, 0) is 61.4 Å². The van der Waals surface area contributed by atoms with E-state index < -0.39 is 15.9 Å². The van der Waals surface area contributed by atoms with Gasteiger partial charge < -0.3 is 25.4 Å². The second-order valence-electron chi connectivity index (χ2n) is 9.39. The number of likely N-dealkylation sites (tertiary alicyclic amines) is 1. The van der Waals surface area contributed by atoms with Crippen molar-refractivity contribution in [2.24, 2.45) is 5.92 Å². The number of aliphatic hydroxyl groups excluding tert-OH is 1. The molecule has 41 heavy (non-hydrogen) atoms. The lowest BCUT2D eigenvalue weighted by Gasteiger charge is -2.31. The number of piperidine rings is 1. The minimum atomic E-state index is -3.99. The molecule has 3 aromatic carbocycles. The molecule has 1 aliphatic rings. The van der Waals surface area contributed by atoms with Crippen molar-refractivity contribution in [1.29, 1.82) is 0 Å². The quantitative estimate of drug-likeness (QED) is 0.272. The van der Waals surface area contributed by atoms with E-state index in [-0.39, 0.29) is 53.6 Å². The second kappa shape index (κ2) is 13.8. The van der Waals surface area contributed by atoms with Gasteiger partial charge in [0.1, 0.15) is 5.75 Å². The zero-order valence-electron chi connectivity index (χ0n) is 22.3. The van der Waals surface area contributed by atoms with Crippen molar-refractivity contribution in [3.8, 4) is 11.5 Å². The van der Waals surface area contributed by atoms with Gasteiger partial charge in [0.2, 0.25) is 11.8 Å². The Bertz CT molecular complexity index is 1460. The number of hydrogen-bond donors (Lipinski definition) is 4. The number of aliphatic hydroxyl groups is 1. The van der Waals surface area contributed by atoms with E-state index in [1.165, 1.54) is 24.3 Å². The molecule has 0 atom stereocenters. The van der Waals surface area contributed by atoms with Crippen molar-refractivity contribution in [2.75, 3.05) is 37.5 Å². The van der Waals surface area contributed by atoms with Crippen molar-refractivity contribution < 1.29 is 32.6 Å². The molecule has 0 aliphatic carbocycles. The highest BCUT2D eigenvalue weighted by Gasteiger charge is 2.27. The normalized spacial score (nSPS) is 13.7. The Balaban J connectivity index is 1.30. The summed E-state index contributed by atoms with van der Waals surface area (Å²) >= 11 is 0. The van der Waals surface area contributed by atoms with Gasteiger partial charge >= 0.3 is 0 Å². The fourth-order valence-corrected chi connectivity index (χ4v) is 5.40. The Labute approximate surface area is 238 Å². The summed E-state index contributed by atoms with van der Waals surface area (Å²) in [4.78, 5) is 38.8. The van der Waals surface area contributed by atoms with Crippen LogP contribution in [-0.4, -0.2) is 68.9 Å². The summed E-state index contributed by atoms with van der Waals surface area (Å²) < 4.78 is 34.4. The van der Waals surface area contributed by atoms with Crippen LogP contribution in [0.1, 0.15) is 23.2 Å². The van der Waals surface area contributed by atoms with E-state index >= 15 is 0 Å². The monoisotopic (exact) mass is 580 g/mol. The molecular formula is C29H32N4O7S. The molecule has 3 aromatic rings. The number of ether oxygens (including phenoxy) is 1. The molecular weight excluding hydrogens is 548 g/mol. The summed E-state index contributed by atoms with van der Waals surface area (Å²) in [5, 5.41) is 14.0. The lowest BCUT2D eigenvalue weighted by atomic mass is 9.96. The van der Waals surface area contributed by atoms with Gasteiger partial charge in [-0.3, -0.25) is 19.1 Å². The van der Waals surface area contributed by atoms with Crippen LogP contribution in [-0.2, 0) is 19.6 Å². The van der Waals surface area contributed by atoms with Gasteiger partial charge in [0.15, 0.2) is 5.75 Å². The van der Waals surface area contributed by atoms with Crippen molar-refractivity contribution in [3.63, 3.8) is 0 Å². The van der Waals surface area contributed by atoms with E-state index in [2.05, 4.69) is 15.4 Å². The number of para-hydroxylation sites is 3. The van der Waals surface area contributed by atoms with Crippen LogP contribution in [0, 0.1) is 5.92 Å². The predicted molar refractivity (Wildman–Crippen MR) is 152 cm³/mol. The Kier molecular flexibility index (Phi) is 9.93. The molecule has 4 rings (SSSR count). The summed E-state index contributed by atoms with van der Waals surface area (Å²) in [6, 6.07) is 21.0. The van der Waals surface area contributed by atoms with Crippen molar-refractivity contribution in [3.05, 3.63) is 84.4 Å². The summed E-state index contributed by atoms with van der Waals surface area (Å²) in [5.74, 6) is -0.252. The summed E-state index contributed by atoms with van der Waals surface area (Å²) in [7, 11) is -3.99. The summed E-state index contributed by atoms with van der Waals surface area (Å²) in [5.41, 5.74) is 0.454. The molecule has 12 heteroatoms. The highest BCUT2D eigenvalue weighted by Crippen LogP contribution is 2.31. The maximum absolute atomic E-state index is 13.0. The number of carbonyl (C=O) groups excluding carboxylic acids is 3. The lowest BCUT2D eigenvalue weighted by Crippen LogP contribution is -2.46. The highest BCUT2D eigenvalue weighted by atomic mass is 32.2. The second-order valence-corrected chi connectivity index (χ2v) is 11.1. The molecule has 4 N–H and O–H groups in total. The minimum absolute atomic E-state index is 0.0504. The van der Waals surface area contributed by atoms with Crippen molar-refractivity contribution in [1.82, 2.24) is 15.5 Å². The molecule has 1 aliphatic heterocycles. The van der Waals surface area contributed by atoms with Crippen LogP contribution in [0.25, 0.3) is 0 Å². The Morgan fingerprint density at radius 1 is 0.878 bits per heavy atom. The van der Waals surface area contributed by atoms with Crippen LogP contribution in [0.5, 0.6) is 11.5 Å². The van der Waals surface area contributed by atoms with Gasteiger partial charge in [0.25, 0.3) is 15.9 Å². The zero-order chi connectivity index (χ0) is 29.2. The largest absolute Gasteiger partial charge is 0.455 e. The Morgan fingerprint density at radius 2 is 1.54 bits per heavy atom. The first-order valence-corrected chi connectivity index (χ1v) is 14.6. The van der Waals surface area contributed by atoms with Crippen LogP contribution in [0.15, 0.2) is 83.8 Å². The molecule has 0 radical (unpaired) electrons. The average Bonchev–Trinajstić information content (AvgIpc) is 3.00. The smallest absolute Gasteiger partial charge is 0.262 e. The molecule has 0 saturated carbocycles. The molecule has 3 amide bonds. The molecule has 1 saturated heterocycles. The summed E-state index contributed by atoms with van der Waals surface area (Å²) in [6.45, 7) is 0.637. The number of hydrogen-bond acceptors (Lipinski definition) is 7. The number of rotatable bonds is 11. The average molecular weight is 581 g/mol. The lowest BCUT2D eigenvalue weighted by molar-refractivity contribution is -0.134. The number of carbonyl (C=O) groups is 3. The fraction of sp³-hybridized carbons (Fsp3) is 0.276. The number of anilines is 1. The topological polar surface area (TPSA) is 154 Å². The van der Waals surface area contributed by atoms with E-state index in [0.717, 1.165) is 0 Å². The van der Waals surface area contributed by atoms with Gasteiger partial charge in [0.05, 0.1) is 23.7 Å². The maximum atomic E-state index is 13.0. The van der Waals surface area contributed by atoms with Gasteiger partial charge in [0, 0.05) is 31.1 Å². The van der Waals surface area contributed by atoms with Gasteiger partial charge in [-0.25, -0.2) is 8.42 Å². The predicted octanol–water partition coefficient (Wildman–Crippen LogP) is 2.36. The molecule has 1 heterocycles.